The molecule has 1 N–H and O–H groups in total. The summed E-state index contributed by atoms with van der Waals surface area (Å²) in [5, 5.41) is 6.69. The maximum absolute atomic E-state index is 11.2. The molecule has 0 spiro atoms. The highest BCUT2D eigenvalue weighted by Gasteiger charge is 2.23. The Bertz CT molecular complexity index is 531. The fourth-order valence-corrected chi connectivity index (χ4v) is 1.89. The monoisotopic (exact) mass is 214 g/mol. The SMILES string of the molecule is O=C1CCc2c(-c3ccccc3)noc2N1. The molecule has 0 aliphatic carbocycles. The molecule has 2 heterocycles. The average molecular weight is 214 g/mol. The van der Waals surface area contributed by atoms with Crippen LogP contribution in [0.2, 0.25) is 0 Å². The van der Waals surface area contributed by atoms with E-state index in [1.807, 2.05) is 30.3 Å². The predicted octanol–water partition coefficient (Wildman–Crippen LogP) is 2.23. The van der Waals surface area contributed by atoms with Crippen molar-refractivity contribution < 1.29 is 9.32 Å². The van der Waals surface area contributed by atoms with Gasteiger partial charge in [-0.1, -0.05) is 35.5 Å². The summed E-state index contributed by atoms with van der Waals surface area (Å²) >= 11 is 0. The standard InChI is InChI=1S/C12H10N2O2/c15-10-7-6-9-11(14-16-12(9)13-10)8-4-2-1-3-5-8/h1-5H,6-7H2,(H,13,15). The van der Waals surface area contributed by atoms with E-state index >= 15 is 0 Å². The molecule has 0 saturated carbocycles. The molecule has 3 rings (SSSR count). The second-order valence-corrected chi connectivity index (χ2v) is 3.75. The van der Waals surface area contributed by atoms with E-state index in [2.05, 4.69) is 10.5 Å². The topological polar surface area (TPSA) is 55.1 Å². The highest BCUT2D eigenvalue weighted by Crippen LogP contribution is 2.32. The molecule has 0 unspecified atom stereocenters. The van der Waals surface area contributed by atoms with Gasteiger partial charge in [0.15, 0.2) is 0 Å². The first kappa shape index (κ1) is 9.15. The van der Waals surface area contributed by atoms with Crippen LogP contribution < -0.4 is 5.32 Å². The molecule has 80 valence electrons. The number of carbonyl (C=O) groups is 1. The third kappa shape index (κ3) is 1.39. The van der Waals surface area contributed by atoms with E-state index in [4.69, 9.17) is 4.52 Å². The van der Waals surface area contributed by atoms with Crippen LogP contribution >= 0.6 is 0 Å². The number of aromatic nitrogens is 1. The zero-order valence-corrected chi connectivity index (χ0v) is 8.56. The average Bonchev–Trinajstić information content (AvgIpc) is 2.73. The Morgan fingerprint density at radius 2 is 2.00 bits per heavy atom. The van der Waals surface area contributed by atoms with E-state index < -0.39 is 0 Å². The lowest BCUT2D eigenvalue weighted by Crippen LogP contribution is -2.17. The largest absolute Gasteiger partial charge is 0.338 e. The second-order valence-electron chi connectivity index (χ2n) is 3.75. The first-order valence-corrected chi connectivity index (χ1v) is 5.18. The van der Waals surface area contributed by atoms with Gasteiger partial charge in [0.25, 0.3) is 0 Å². The van der Waals surface area contributed by atoms with Gasteiger partial charge in [-0.25, -0.2) is 0 Å². The Balaban J connectivity index is 2.08. The van der Waals surface area contributed by atoms with Gasteiger partial charge in [0.05, 0.1) is 0 Å². The van der Waals surface area contributed by atoms with Gasteiger partial charge >= 0.3 is 0 Å². The van der Waals surface area contributed by atoms with Gasteiger partial charge in [0.2, 0.25) is 11.8 Å². The summed E-state index contributed by atoms with van der Waals surface area (Å²) in [4.78, 5) is 11.2. The number of fused-ring (bicyclic) bond motifs is 1. The van der Waals surface area contributed by atoms with Crippen LogP contribution in [0.5, 0.6) is 0 Å². The van der Waals surface area contributed by atoms with Crippen LogP contribution in [0.3, 0.4) is 0 Å². The van der Waals surface area contributed by atoms with Crippen molar-refractivity contribution >= 4 is 11.8 Å². The number of benzene rings is 1. The number of carbonyl (C=O) groups excluding carboxylic acids is 1. The predicted molar refractivity (Wildman–Crippen MR) is 58.9 cm³/mol. The van der Waals surface area contributed by atoms with Gasteiger partial charge in [-0.3, -0.25) is 10.1 Å². The summed E-state index contributed by atoms with van der Waals surface area (Å²) in [7, 11) is 0. The van der Waals surface area contributed by atoms with Crippen LogP contribution in [0.25, 0.3) is 11.3 Å². The number of amides is 1. The number of nitrogens with one attached hydrogen (secondary N) is 1. The van der Waals surface area contributed by atoms with Crippen LogP contribution in [0.4, 0.5) is 5.88 Å². The molecule has 1 aliphatic heterocycles. The second kappa shape index (κ2) is 3.48. The molecule has 16 heavy (non-hydrogen) atoms. The van der Waals surface area contributed by atoms with Crippen molar-refractivity contribution in [3.63, 3.8) is 0 Å². The third-order valence-electron chi connectivity index (χ3n) is 2.69. The quantitative estimate of drug-likeness (QED) is 0.791. The molecule has 0 atom stereocenters. The zero-order valence-electron chi connectivity index (χ0n) is 8.56. The fraction of sp³-hybridized carbons (Fsp3) is 0.167. The Hall–Kier alpha value is -2.10. The van der Waals surface area contributed by atoms with Crippen molar-refractivity contribution in [2.24, 2.45) is 0 Å². The van der Waals surface area contributed by atoms with E-state index in [0.717, 1.165) is 16.8 Å². The van der Waals surface area contributed by atoms with Crippen LogP contribution in [-0.2, 0) is 11.2 Å². The number of hydrogen-bond acceptors (Lipinski definition) is 3. The molecule has 4 nitrogen and oxygen atoms in total. The van der Waals surface area contributed by atoms with Gasteiger partial charge in [0.1, 0.15) is 5.69 Å². The Morgan fingerprint density at radius 1 is 1.19 bits per heavy atom. The minimum atomic E-state index is -0.0109. The molecule has 4 heteroatoms. The number of rotatable bonds is 1. The molecule has 0 bridgehead atoms. The first-order chi connectivity index (χ1) is 7.84. The third-order valence-corrected chi connectivity index (χ3v) is 2.69. The molecule has 0 fully saturated rings. The molecular formula is C12H10N2O2. The molecule has 1 aliphatic rings. The molecule has 0 radical (unpaired) electrons. The highest BCUT2D eigenvalue weighted by atomic mass is 16.5. The lowest BCUT2D eigenvalue weighted by atomic mass is 10.0. The van der Waals surface area contributed by atoms with Crippen molar-refractivity contribution in [1.82, 2.24) is 5.16 Å². The number of nitrogens with zero attached hydrogens (tertiary/aromatic N) is 1. The van der Waals surface area contributed by atoms with Crippen LogP contribution in [0.1, 0.15) is 12.0 Å². The maximum atomic E-state index is 11.2. The molecule has 1 amide bonds. The van der Waals surface area contributed by atoms with E-state index in [1.165, 1.54) is 0 Å². The number of hydrogen-bond donors (Lipinski definition) is 1. The molecular weight excluding hydrogens is 204 g/mol. The summed E-state index contributed by atoms with van der Waals surface area (Å²) in [5.41, 5.74) is 2.84. The highest BCUT2D eigenvalue weighted by molar-refractivity contribution is 5.93. The summed E-state index contributed by atoms with van der Waals surface area (Å²) in [6.07, 6.45) is 1.18. The van der Waals surface area contributed by atoms with Crippen molar-refractivity contribution in [1.29, 1.82) is 0 Å². The Morgan fingerprint density at radius 3 is 2.81 bits per heavy atom. The van der Waals surface area contributed by atoms with Gasteiger partial charge in [-0.15, -0.1) is 0 Å². The Labute approximate surface area is 92.3 Å². The zero-order chi connectivity index (χ0) is 11.0. The van der Waals surface area contributed by atoms with Crippen LogP contribution in [-0.4, -0.2) is 11.1 Å². The Kier molecular flexibility index (Phi) is 1.99. The summed E-state index contributed by atoms with van der Waals surface area (Å²) in [6.45, 7) is 0. The van der Waals surface area contributed by atoms with Crippen molar-refractivity contribution in [3.8, 4) is 11.3 Å². The maximum Gasteiger partial charge on any atom is 0.235 e. The van der Waals surface area contributed by atoms with Crippen molar-refractivity contribution in [2.45, 2.75) is 12.8 Å². The van der Waals surface area contributed by atoms with Gasteiger partial charge in [-0.05, 0) is 6.42 Å². The van der Waals surface area contributed by atoms with E-state index in [9.17, 15) is 4.79 Å². The van der Waals surface area contributed by atoms with E-state index in [0.29, 0.717) is 18.7 Å². The summed E-state index contributed by atoms with van der Waals surface area (Å²) in [5.74, 6) is 0.485. The molecule has 1 aromatic heterocycles. The van der Waals surface area contributed by atoms with Crippen LogP contribution in [0.15, 0.2) is 34.9 Å². The number of anilines is 1. The molecule has 0 saturated heterocycles. The minimum Gasteiger partial charge on any atom is -0.338 e. The normalized spacial score (nSPS) is 14.4. The van der Waals surface area contributed by atoms with Crippen molar-refractivity contribution in [3.05, 3.63) is 35.9 Å². The van der Waals surface area contributed by atoms with Gasteiger partial charge < -0.3 is 4.52 Å². The van der Waals surface area contributed by atoms with E-state index in [-0.39, 0.29) is 5.91 Å². The van der Waals surface area contributed by atoms with Gasteiger partial charge in [-0.2, -0.15) is 0 Å². The minimum absolute atomic E-state index is 0.0109. The molecule has 1 aromatic carbocycles. The fourth-order valence-electron chi connectivity index (χ4n) is 1.89. The van der Waals surface area contributed by atoms with Crippen LogP contribution in [0, 0.1) is 0 Å². The van der Waals surface area contributed by atoms with Crippen molar-refractivity contribution in [2.75, 3.05) is 5.32 Å². The first-order valence-electron chi connectivity index (χ1n) is 5.18. The summed E-state index contributed by atoms with van der Waals surface area (Å²) < 4.78 is 5.13. The summed E-state index contributed by atoms with van der Waals surface area (Å²) in [6, 6.07) is 9.83. The van der Waals surface area contributed by atoms with Gasteiger partial charge in [0, 0.05) is 17.5 Å². The lowest BCUT2D eigenvalue weighted by Gasteiger charge is -2.10. The smallest absolute Gasteiger partial charge is 0.235 e. The lowest BCUT2D eigenvalue weighted by molar-refractivity contribution is -0.116. The van der Waals surface area contributed by atoms with E-state index in [1.54, 1.807) is 0 Å². The molecule has 2 aromatic rings.